The van der Waals surface area contributed by atoms with E-state index in [2.05, 4.69) is 10.6 Å². The maximum atomic E-state index is 13.0. The SMILES string of the molecule is CC(C)CC(Nc1ccc(O)c(C(=N)N)c1)C(=O)Nc1ccc(N2CCOCC2=O)cc1. The van der Waals surface area contributed by atoms with Crippen LogP contribution in [0.15, 0.2) is 42.5 Å². The quantitative estimate of drug-likeness (QED) is 0.243. The minimum Gasteiger partial charge on any atom is -0.507 e. The Bertz CT molecular complexity index is 990. The normalized spacial score (nSPS) is 14.8. The van der Waals surface area contributed by atoms with Gasteiger partial charge in [0.25, 0.3) is 5.91 Å². The third kappa shape index (κ3) is 5.76. The number of carbonyl (C=O) groups is 2. The van der Waals surface area contributed by atoms with Gasteiger partial charge in [-0.05, 0) is 54.8 Å². The molecule has 0 aromatic heterocycles. The monoisotopic (exact) mass is 439 g/mol. The molecule has 32 heavy (non-hydrogen) atoms. The van der Waals surface area contributed by atoms with Crippen molar-refractivity contribution in [3.05, 3.63) is 48.0 Å². The van der Waals surface area contributed by atoms with Gasteiger partial charge in [-0.15, -0.1) is 0 Å². The highest BCUT2D eigenvalue weighted by Crippen LogP contribution is 2.24. The number of hydrogen-bond donors (Lipinski definition) is 5. The molecule has 0 spiro atoms. The van der Waals surface area contributed by atoms with E-state index in [0.717, 1.165) is 5.69 Å². The van der Waals surface area contributed by atoms with E-state index in [1.165, 1.54) is 6.07 Å². The van der Waals surface area contributed by atoms with Crippen LogP contribution < -0.4 is 21.3 Å². The molecule has 1 aliphatic rings. The lowest BCUT2D eigenvalue weighted by molar-refractivity contribution is -0.125. The largest absolute Gasteiger partial charge is 0.507 e. The molecule has 1 saturated heterocycles. The fourth-order valence-corrected chi connectivity index (χ4v) is 3.49. The summed E-state index contributed by atoms with van der Waals surface area (Å²) < 4.78 is 5.16. The van der Waals surface area contributed by atoms with Crippen molar-refractivity contribution in [2.45, 2.75) is 26.3 Å². The van der Waals surface area contributed by atoms with Crippen molar-refractivity contribution < 1.29 is 19.4 Å². The Hall–Kier alpha value is -3.59. The van der Waals surface area contributed by atoms with E-state index in [4.69, 9.17) is 15.9 Å². The fourth-order valence-electron chi connectivity index (χ4n) is 3.49. The molecule has 2 amide bonds. The molecule has 0 aliphatic carbocycles. The number of carbonyl (C=O) groups excluding carboxylic acids is 2. The number of morpholine rings is 1. The van der Waals surface area contributed by atoms with E-state index in [9.17, 15) is 14.7 Å². The molecule has 1 fully saturated rings. The van der Waals surface area contributed by atoms with E-state index < -0.39 is 6.04 Å². The van der Waals surface area contributed by atoms with Crippen LogP contribution in [0.25, 0.3) is 0 Å². The zero-order valence-electron chi connectivity index (χ0n) is 18.2. The molecule has 9 heteroatoms. The van der Waals surface area contributed by atoms with Gasteiger partial charge in [0.15, 0.2) is 0 Å². The molecule has 2 aromatic carbocycles. The van der Waals surface area contributed by atoms with Gasteiger partial charge in [0, 0.05) is 23.6 Å². The summed E-state index contributed by atoms with van der Waals surface area (Å²) in [6.45, 7) is 5.11. The van der Waals surface area contributed by atoms with Gasteiger partial charge in [0.1, 0.15) is 24.2 Å². The predicted octanol–water partition coefficient (Wildman–Crippen LogP) is 2.50. The molecule has 1 heterocycles. The Labute approximate surface area is 187 Å². The fraction of sp³-hybridized carbons (Fsp3) is 0.348. The topological polar surface area (TPSA) is 141 Å². The summed E-state index contributed by atoms with van der Waals surface area (Å²) in [6, 6.07) is 11.2. The maximum absolute atomic E-state index is 13.0. The molecule has 0 saturated carbocycles. The summed E-state index contributed by atoms with van der Waals surface area (Å²) in [5.74, 6) is -0.404. The van der Waals surface area contributed by atoms with Gasteiger partial charge >= 0.3 is 0 Å². The van der Waals surface area contributed by atoms with Crippen molar-refractivity contribution >= 4 is 34.7 Å². The van der Waals surface area contributed by atoms with E-state index in [-0.39, 0.29) is 41.5 Å². The Morgan fingerprint density at radius 2 is 1.91 bits per heavy atom. The summed E-state index contributed by atoms with van der Waals surface area (Å²) in [7, 11) is 0. The zero-order chi connectivity index (χ0) is 23.3. The van der Waals surface area contributed by atoms with Crippen molar-refractivity contribution in [1.82, 2.24) is 0 Å². The van der Waals surface area contributed by atoms with Gasteiger partial charge < -0.3 is 31.1 Å². The Kier molecular flexibility index (Phi) is 7.32. The Morgan fingerprint density at radius 3 is 2.53 bits per heavy atom. The summed E-state index contributed by atoms with van der Waals surface area (Å²) in [5, 5.41) is 23.5. The van der Waals surface area contributed by atoms with Gasteiger partial charge in [0.2, 0.25) is 5.91 Å². The second-order valence-corrected chi connectivity index (χ2v) is 8.11. The lowest BCUT2D eigenvalue weighted by Crippen LogP contribution is -2.41. The molecule has 1 aliphatic heterocycles. The summed E-state index contributed by atoms with van der Waals surface area (Å²) in [4.78, 5) is 26.7. The number of ether oxygens (including phenoxy) is 1. The highest BCUT2D eigenvalue weighted by Gasteiger charge is 2.22. The van der Waals surface area contributed by atoms with Crippen LogP contribution in [0.1, 0.15) is 25.8 Å². The van der Waals surface area contributed by atoms with Crippen LogP contribution >= 0.6 is 0 Å². The van der Waals surface area contributed by atoms with E-state index in [1.54, 1.807) is 41.3 Å². The van der Waals surface area contributed by atoms with Gasteiger partial charge in [-0.2, -0.15) is 0 Å². The molecule has 2 aromatic rings. The lowest BCUT2D eigenvalue weighted by Gasteiger charge is -2.27. The number of hydrogen-bond acceptors (Lipinski definition) is 6. The molecule has 9 nitrogen and oxygen atoms in total. The van der Waals surface area contributed by atoms with Crippen LogP contribution in [0.2, 0.25) is 0 Å². The molecular formula is C23H29N5O4. The van der Waals surface area contributed by atoms with Gasteiger partial charge in [0.05, 0.1) is 12.2 Å². The van der Waals surface area contributed by atoms with Crippen molar-refractivity contribution in [1.29, 1.82) is 5.41 Å². The molecular weight excluding hydrogens is 410 g/mol. The maximum Gasteiger partial charge on any atom is 0.253 e. The first kappa shape index (κ1) is 23.1. The number of nitrogens with two attached hydrogens (primary N) is 1. The van der Waals surface area contributed by atoms with Crippen molar-refractivity contribution in [3.63, 3.8) is 0 Å². The van der Waals surface area contributed by atoms with Crippen LogP contribution in [-0.4, -0.2) is 48.6 Å². The second-order valence-electron chi connectivity index (χ2n) is 8.11. The number of aromatic hydroxyl groups is 1. The van der Waals surface area contributed by atoms with Gasteiger partial charge in [-0.1, -0.05) is 13.8 Å². The lowest BCUT2D eigenvalue weighted by atomic mass is 10.0. The Morgan fingerprint density at radius 1 is 1.22 bits per heavy atom. The zero-order valence-corrected chi connectivity index (χ0v) is 18.2. The summed E-state index contributed by atoms with van der Waals surface area (Å²) in [5.41, 5.74) is 7.67. The van der Waals surface area contributed by atoms with E-state index in [0.29, 0.717) is 30.9 Å². The number of anilines is 3. The number of amides is 2. The van der Waals surface area contributed by atoms with E-state index >= 15 is 0 Å². The predicted molar refractivity (Wildman–Crippen MR) is 124 cm³/mol. The average Bonchev–Trinajstić information content (AvgIpc) is 2.75. The van der Waals surface area contributed by atoms with Crippen LogP contribution in [0, 0.1) is 11.3 Å². The average molecular weight is 440 g/mol. The summed E-state index contributed by atoms with van der Waals surface area (Å²) >= 11 is 0. The minimum absolute atomic E-state index is 0.0731. The van der Waals surface area contributed by atoms with Crippen molar-refractivity contribution in [3.8, 4) is 5.75 Å². The highest BCUT2D eigenvalue weighted by atomic mass is 16.5. The van der Waals surface area contributed by atoms with Crippen LogP contribution in [0.3, 0.4) is 0 Å². The van der Waals surface area contributed by atoms with Crippen LogP contribution in [0.5, 0.6) is 5.75 Å². The highest BCUT2D eigenvalue weighted by molar-refractivity contribution is 6.00. The first-order valence-corrected chi connectivity index (χ1v) is 10.5. The molecule has 1 atom stereocenters. The van der Waals surface area contributed by atoms with Crippen molar-refractivity contribution in [2.24, 2.45) is 11.7 Å². The van der Waals surface area contributed by atoms with Crippen LogP contribution in [0.4, 0.5) is 17.1 Å². The first-order chi connectivity index (χ1) is 15.2. The third-order valence-electron chi connectivity index (χ3n) is 5.08. The molecule has 3 rings (SSSR count). The summed E-state index contributed by atoms with van der Waals surface area (Å²) in [6.07, 6.45) is 0.572. The van der Waals surface area contributed by atoms with E-state index in [1.807, 2.05) is 13.8 Å². The number of phenolic OH excluding ortho intramolecular Hbond substituents is 1. The number of amidine groups is 1. The smallest absolute Gasteiger partial charge is 0.253 e. The molecule has 6 N–H and O–H groups in total. The first-order valence-electron chi connectivity index (χ1n) is 10.5. The molecule has 0 bridgehead atoms. The number of nitrogen functional groups attached to an aromatic ring is 1. The standard InChI is InChI=1S/C23H29N5O4/c1-14(2)11-19(26-16-5-8-20(29)18(12-16)22(24)25)23(31)27-15-3-6-17(7-4-15)28-9-10-32-13-21(28)30/h3-8,12,14,19,26,29H,9-11,13H2,1-2H3,(H3,24,25)(H,27,31). The van der Waals surface area contributed by atoms with Crippen LogP contribution in [-0.2, 0) is 14.3 Å². The molecule has 1 unspecified atom stereocenters. The minimum atomic E-state index is -0.542. The van der Waals surface area contributed by atoms with Gasteiger partial charge in [-0.3, -0.25) is 15.0 Å². The number of nitrogens with one attached hydrogen (secondary N) is 3. The Balaban J connectivity index is 1.71. The van der Waals surface area contributed by atoms with Crippen molar-refractivity contribution in [2.75, 3.05) is 35.3 Å². The third-order valence-corrected chi connectivity index (χ3v) is 5.08. The molecule has 0 radical (unpaired) electrons. The number of rotatable bonds is 8. The number of benzene rings is 2. The second kappa shape index (κ2) is 10.1. The number of nitrogens with zero attached hydrogens (tertiary/aromatic N) is 1. The van der Waals surface area contributed by atoms with Gasteiger partial charge in [-0.25, -0.2) is 0 Å². The number of phenols is 1. The molecule has 170 valence electrons.